The van der Waals surface area contributed by atoms with Gasteiger partial charge in [0.2, 0.25) is 0 Å². The van der Waals surface area contributed by atoms with Gasteiger partial charge in [-0.15, -0.1) is 15.8 Å². The van der Waals surface area contributed by atoms with Crippen molar-refractivity contribution in [1.82, 2.24) is 0 Å². The van der Waals surface area contributed by atoms with Crippen molar-refractivity contribution < 1.29 is 52.1 Å². The summed E-state index contributed by atoms with van der Waals surface area (Å²) in [6, 6.07) is 0. The SMILES string of the molecule is CCCCP(CCCC)CCCC.CCCCP(CCCC)CCCC.[Cd+2].[Cl-].[Cl-]. The molecule has 29 heavy (non-hydrogen) atoms. The van der Waals surface area contributed by atoms with Crippen molar-refractivity contribution in [2.45, 2.75) is 119 Å². The van der Waals surface area contributed by atoms with E-state index in [-0.39, 0.29) is 52.1 Å². The molecule has 0 radical (unpaired) electrons. The van der Waals surface area contributed by atoms with Crippen molar-refractivity contribution in [2.75, 3.05) is 37.0 Å². The number of unbranched alkanes of at least 4 members (excludes halogenated alkanes) is 6. The minimum Gasteiger partial charge on any atom is -1.00 e. The van der Waals surface area contributed by atoms with E-state index in [1.165, 1.54) is 77.0 Å². The van der Waals surface area contributed by atoms with E-state index in [2.05, 4.69) is 41.5 Å². The first-order valence-electron chi connectivity index (χ1n) is 12.1. The van der Waals surface area contributed by atoms with Crippen LogP contribution in [-0.4, -0.2) is 37.0 Å². The van der Waals surface area contributed by atoms with Gasteiger partial charge in [0.1, 0.15) is 0 Å². The Morgan fingerprint density at radius 3 is 0.586 bits per heavy atom. The van der Waals surface area contributed by atoms with E-state index in [4.69, 9.17) is 0 Å². The van der Waals surface area contributed by atoms with Crippen LogP contribution in [0, 0.1) is 0 Å². The maximum Gasteiger partial charge on any atom is 2.00 e. The molecule has 0 unspecified atom stereocenters. The van der Waals surface area contributed by atoms with Crippen molar-refractivity contribution in [1.29, 1.82) is 0 Å². The molecule has 5 heteroatoms. The predicted molar refractivity (Wildman–Crippen MR) is 132 cm³/mol. The Hall–Kier alpha value is 2.36. The molecule has 0 heterocycles. The van der Waals surface area contributed by atoms with E-state index >= 15 is 0 Å². The maximum absolute atomic E-state index is 2.31. The van der Waals surface area contributed by atoms with Gasteiger partial charge in [-0.1, -0.05) is 80.1 Å². The predicted octanol–water partition coefficient (Wildman–Crippen LogP) is 3.74. The number of hydrogen-bond donors (Lipinski definition) is 0. The second-order valence-corrected chi connectivity index (χ2v) is 13.2. The zero-order valence-corrected chi connectivity index (χ0v) is 28.4. The third kappa shape index (κ3) is 35.1. The molecule has 0 spiro atoms. The molecule has 0 N–H and O–H groups in total. The summed E-state index contributed by atoms with van der Waals surface area (Å²) < 4.78 is 0. The Bertz CT molecular complexity index is 185. The molecule has 0 aromatic carbocycles. The first-order valence-corrected chi connectivity index (χ1v) is 15.9. The van der Waals surface area contributed by atoms with E-state index in [1.54, 1.807) is 37.0 Å². The van der Waals surface area contributed by atoms with E-state index in [9.17, 15) is 0 Å². The summed E-state index contributed by atoms with van der Waals surface area (Å²) in [5.41, 5.74) is 0. The molecule has 0 aromatic rings. The van der Waals surface area contributed by atoms with Crippen LogP contribution in [0.25, 0.3) is 0 Å². The van der Waals surface area contributed by atoms with Crippen molar-refractivity contribution in [3.8, 4) is 0 Å². The summed E-state index contributed by atoms with van der Waals surface area (Å²) in [4.78, 5) is 0. The monoisotopic (exact) mass is 588 g/mol. The molecule has 0 fully saturated rings. The molecule has 0 saturated heterocycles. The smallest absolute Gasteiger partial charge is 1.00 e. The Morgan fingerprint density at radius 2 is 0.483 bits per heavy atom. The van der Waals surface area contributed by atoms with Gasteiger partial charge in [-0.3, -0.25) is 0 Å². The molecule has 0 aromatic heterocycles. The van der Waals surface area contributed by atoms with E-state index in [0.717, 1.165) is 0 Å². The van der Waals surface area contributed by atoms with E-state index in [1.807, 2.05) is 0 Å². The van der Waals surface area contributed by atoms with Gasteiger partial charge in [0.05, 0.1) is 0 Å². The summed E-state index contributed by atoms with van der Waals surface area (Å²) in [6.45, 7) is 13.9. The second-order valence-electron chi connectivity index (χ2n) is 7.80. The molecule has 0 aliphatic carbocycles. The standard InChI is InChI=1S/2C12H27P.Cd.2ClH/c2*1-4-7-10-13(11-8-5-2)12-9-6-3;;;/h2*4-12H2,1-3H3;;2*1H/q;;+2;;/p-2. The molecule has 176 valence electrons. The Labute approximate surface area is 222 Å². The van der Waals surface area contributed by atoms with Crippen molar-refractivity contribution in [3.05, 3.63) is 0 Å². The first-order chi connectivity index (χ1) is 12.7. The van der Waals surface area contributed by atoms with Crippen LogP contribution >= 0.6 is 15.8 Å². The third-order valence-corrected chi connectivity index (χ3v) is 10.7. The van der Waals surface area contributed by atoms with Gasteiger partial charge in [-0.05, 0) is 75.5 Å². The molecule has 0 aliphatic heterocycles. The molecule has 0 atom stereocenters. The fourth-order valence-corrected chi connectivity index (χ4v) is 8.88. The number of hydrogen-bond acceptors (Lipinski definition) is 0. The molecule has 0 rings (SSSR count). The van der Waals surface area contributed by atoms with Crippen LogP contribution in [0.4, 0.5) is 0 Å². The average Bonchev–Trinajstić information content (AvgIpc) is 2.67. The van der Waals surface area contributed by atoms with Crippen LogP contribution in [0.3, 0.4) is 0 Å². The summed E-state index contributed by atoms with van der Waals surface area (Å²) in [7, 11) is 0.843. The number of halogens is 2. The third-order valence-electron chi connectivity index (χ3n) is 4.97. The quantitative estimate of drug-likeness (QED) is 0.169. The van der Waals surface area contributed by atoms with Crippen molar-refractivity contribution >= 4 is 15.8 Å². The largest absolute Gasteiger partial charge is 2.00 e. The van der Waals surface area contributed by atoms with Gasteiger partial charge in [-0.25, -0.2) is 0 Å². The van der Waals surface area contributed by atoms with Crippen LogP contribution < -0.4 is 24.8 Å². The van der Waals surface area contributed by atoms with E-state index < -0.39 is 0 Å². The zero-order chi connectivity index (χ0) is 19.9. The molecule has 0 aliphatic rings. The fraction of sp³-hybridized carbons (Fsp3) is 1.00. The molecule has 0 saturated carbocycles. The number of rotatable bonds is 18. The Balaban J connectivity index is -0.000000120. The van der Waals surface area contributed by atoms with Crippen LogP contribution in [0.15, 0.2) is 0 Å². The Morgan fingerprint density at radius 1 is 0.345 bits per heavy atom. The fourth-order valence-electron chi connectivity index (χ4n) is 2.96. The average molecular weight is 588 g/mol. The van der Waals surface area contributed by atoms with Crippen molar-refractivity contribution in [2.24, 2.45) is 0 Å². The van der Waals surface area contributed by atoms with Crippen LogP contribution in [0.5, 0.6) is 0 Å². The molecular weight excluding hydrogens is 534 g/mol. The van der Waals surface area contributed by atoms with Gasteiger partial charge in [0, 0.05) is 0 Å². The Kier molecular flexibility index (Phi) is 54.0. The van der Waals surface area contributed by atoms with Gasteiger partial charge < -0.3 is 24.8 Å². The summed E-state index contributed by atoms with van der Waals surface area (Å²) >= 11 is 0. The van der Waals surface area contributed by atoms with Gasteiger partial charge in [-0.2, -0.15) is 0 Å². The van der Waals surface area contributed by atoms with Crippen LogP contribution in [0.1, 0.15) is 119 Å². The van der Waals surface area contributed by atoms with Crippen LogP contribution in [-0.2, 0) is 27.3 Å². The molecule has 0 bridgehead atoms. The first kappa shape index (κ1) is 41.6. The van der Waals surface area contributed by atoms with Gasteiger partial charge >= 0.3 is 27.3 Å². The van der Waals surface area contributed by atoms with Crippen molar-refractivity contribution in [3.63, 3.8) is 0 Å². The van der Waals surface area contributed by atoms with Gasteiger partial charge in [0.15, 0.2) is 0 Å². The molecule has 0 nitrogen and oxygen atoms in total. The molecular formula is C24H54CdCl2P2. The normalized spacial score (nSPS) is 9.93. The summed E-state index contributed by atoms with van der Waals surface area (Å²) in [5.74, 6) is 0. The molecule has 0 amide bonds. The minimum absolute atomic E-state index is 0. The summed E-state index contributed by atoms with van der Waals surface area (Å²) in [6.07, 6.45) is 26.4. The van der Waals surface area contributed by atoms with Gasteiger partial charge in [0.25, 0.3) is 0 Å². The maximum atomic E-state index is 2.31. The second kappa shape index (κ2) is 37.7. The van der Waals surface area contributed by atoms with E-state index in [0.29, 0.717) is 15.8 Å². The minimum atomic E-state index is 0. The topological polar surface area (TPSA) is 0 Å². The zero-order valence-electron chi connectivity index (χ0n) is 21.1. The van der Waals surface area contributed by atoms with Crippen LogP contribution in [0.2, 0.25) is 0 Å². The summed E-state index contributed by atoms with van der Waals surface area (Å²) in [5, 5.41) is 0.